The Hall–Kier alpha value is -3.91. The van der Waals surface area contributed by atoms with Crippen molar-refractivity contribution in [2.45, 2.75) is 5.16 Å². The van der Waals surface area contributed by atoms with Crippen molar-refractivity contribution in [1.29, 1.82) is 0 Å². The molecule has 5 rings (SSSR count). The number of hydrazone groups is 1. The highest BCUT2D eigenvalue weighted by atomic mass is 35.5. The van der Waals surface area contributed by atoms with E-state index in [2.05, 4.69) is 32.9 Å². The molecule has 5 aromatic rings. The molecule has 6 nitrogen and oxygen atoms in total. The summed E-state index contributed by atoms with van der Waals surface area (Å²) in [6.45, 7) is 0. The highest BCUT2D eigenvalue weighted by Crippen LogP contribution is 2.29. The third-order valence-electron chi connectivity index (χ3n) is 5.57. The highest BCUT2D eigenvalue weighted by Gasteiger charge is 2.17. The predicted octanol–water partition coefficient (Wildman–Crippen LogP) is 7.15. The minimum absolute atomic E-state index is 0.108. The van der Waals surface area contributed by atoms with Gasteiger partial charge in [-0.3, -0.25) is 9.36 Å². The van der Waals surface area contributed by atoms with Crippen LogP contribution >= 0.6 is 35.0 Å². The van der Waals surface area contributed by atoms with Crippen LogP contribution in [0, 0.1) is 0 Å². The van der Waals surface area contributed by atoms with Gasteiger partial charge >= 0.3 is 0 Å². The Morgan fingerprint density at radius 2 is 1.39 bits per heavy atom. The van der Waals surface area contributed by atoms with Gasteiger partial charge < -0.3 is 0 Å². The van der Waals surface area contributed by atoms with Crippen LogP contribution in [0.25, 0.3) is 28.2 Å². The first-order valence-electron chi connectivity index (χ1n) is 11.6. The molecule has 1 amide bonds. The molecule has 0 spiro atoms. The Morgan fingerprint density at radius 1 is 0.789 bits per heavy atom. The lowest BCUT2D eigenvalue weighted by Gasteiger charge is -2.10. The van der Waals surface area contributed by atoms with Gasteiger partial charge in [0.25, 0.3) is 5.91 Å². The molecule has 0 aliphatic rings. The number of thioether (sulfide) groups is 1. The summed E-state index contributed by atoms with van der Waals surface area (Å²) in [5.41, 5.74) is 7.39. The van der Waals surface area contributed by atoms with Crippen LogP contribution in [0.3, 0.4) is 0 Å². The van der Waals surface area contributed by atoms with Crippen molar-refractivity contribution in [3.63, 3.8) is 0 Å². The van der Waals surface area contributed by atoms with Crippen molar-refractivity contribution in [1.82, 2.24) is 20.2 Å². The molecule has 0 saturated carbocycles. The molecule has 1 N–H and O–H groups in total. The van der Waals surface area contributed by atoms with Crippen LogP contribution in [0.2, 0.25) is 10.0 Å². The summed E-state index contributed by atoms with van der Waals surface area (Å²) >= 11 is 13.4. The zero-order valence-electron chi connectivity index (χ0n) is 20.0. The molecule has 0 aliphatic heterocycles. The summed E-state index contributed by atoms with van der Waals surface area (Å²) in [6.07, 6.45) is 1.62. The number of nitrogens with zero attached hydrogens (tertiary/aromatic N) is 4. The topological polar surface area (TPSA) is 72.2 Å². The van der Waals surface area contributed by atoms with Crippen LogP contribution in [0.1, 0.15) is 5.56 Å². The summed E-state index contributed by atoms with van der Waals surface area (Å²) in [5, 5.41) is 14.6. The maximum Gasteiger partial charge on any atom is 0.250 e. The molecule has 0 radical (unpaired) electrons. The van der Waals surface area contributed by atoms with Gasteiger partial charge in [0.05, 0.1) is 12.0 Å². The Bertz CT molecular complexity index is 1550. The number of rotatable bonds is 8. The van der Waals surface area contributed by atoms with Crippen molar-refractivity contribution < 1.29 is 4.79 Å². The van der Waals surface area contributed by atoms with Crippen LogP contribution in [0.5, 0.6) is 0 Å². The molecule has 4 aromatic carbocycles. The minimum Gasteiger partial charge on any atom is -0.272 e. The second kappa shape index (κ2) is 12.1. The number of carbonyl (C=O) groups excluding carboxylic acids is 1. The Kier molecular flexibility index (Phi) is 8.19. The SMILES string of the molecule is O=C(CSc1nnc(-c2ccc(Cl)cc2)n1-c1ccc(Cl)cc1)N/N=C\c1ccc(-c2ccccc2)cc1. The minimum atomic E-state index is -0.258. The lowest BCUT2D eigenvalue weighted by atomic mass is 10.0. The molecular weight excluding hydrogens is 537 g/mol. The van der Waals surface area contributed by atoms with Crippen LogP contribution < -0.4 is 5.43 Å². The van der Waals surface area contributed by atoms with Crippen molar-refractivity contribution in [3.05, 3.63) is 119 Å². The Morgan fingerprint density at radius 3 is 2.08 bits per heavy atom. The van der Waals surface area contributed by atoms with Gasteiger partial charge in [-0.05, 0) is 65.2 Å². The molecule has 9 heteroatoms. The highest BCUT2D eigenvalue weighted by molar-refractivity contribution is 7.99. The maximum atomic E-state index is 12.5. The fraction of sp³-hybridized carbons (Fsp3) is 0.0345. The van der Waals surface area contributed by atoms with Gasteiger partial charge in [-0.25, -0.2) is 5.43 Å². The molecule has 0 saturated heterocycles. The summed E-state index contributed by atoms with van der Waals surface area (Å²) in [6, 6.07) is 32.8. The van der Waals surface area contributed by atoms with Crippen LogP contribution in [0.15, 0.2) is 113 Å². The number of carbonyl (C=O) groups is 1. The standard InChI is InChI=1S/C29H21Cl2N5OS/c30-24-12-10-23(11-13-24)28-34-35-29(36(28)26-16-14-25(31)15-17-26)38-19-27(37)33-32-18-20-6-8-22(9-7-20)21-4-2-1-3-5-21/h1-18H,19H2,(H,33,37)/b32-18-. The van der Waals surface area contributed by atoms with E-state index in [9.17, 15) is 4.79 Å². The van der Waals surface area contributed by atoms with Gasteiger partial charge in [0.1, 0.15) is 0 Å². The molecule has 0 atom stereocenters. The third-order valence-corrected chi connectivity index (χ3v) is 7.01. The number of hydrogen-bond acceptors (Lipinski definition) is 5. The van der Waals surface area contributed by atoms with Gasteiger partial charge in [0.2, 0.25) is 0 Å². The number of aromatic nitrogens is 3. The molecule has 1 heterocycles. The van der Waals surface area contributed by atoms with E-state index in [0.717, 1.165) is 27.9 Å². The smallest absolute Gasteiger partial charge is 0.250 e. The fourth-order valence-electron chi connectivity index (χ4n) is 3.71. The zero-order chi connectivity index (χ0) is 26.3. The van der Waals surface area contributed by atoms with Crippen LogP contribution in [-0.2, 0) is 4.79 Å². The molecule has 0 fully saturated rings. The van der Waals surface area contributed by atoms with E-state index in [4.69, 9.17) is 23.2 Å². The second-order valence-electron chi connectivity index (χ2n) is 8.19. The van der Waals surface area contributed by atoms with E-state index in [0.29, 0.717) is 21.0 Å². The quantitative estimate of drug-likeness (QED) is 0.125. The number of amides is 1. The average molecular weight is 558 g/mol. The van der Waals surface area contributed by atoms with Gasteiger partial charge in [-0.1, -0.05) is 89.6 Å². The monoisotopic (exact) mass is 557 g/mol. The van der Waals surface area contributed by atoms with Crippen molar-refractivity contribution >= 4 is 47.1 Å². The van der Waals surface area contributed by atoms with Crippen molar-refractivity contribution in [2.75, 3.05) is 5.75 Å². The number of hydrogen-bond donors (Lipinski definition) is 1. The summed E-state index contributed by atoms with van der Waals surface area (Å²) < 4.78 is 1.88. The summed E-state index contributed by atoms with van der Waals surface area (Å²) in [4.78, 5) is 12.5. The zero-order valence-corrected chi connectivity index (χ0v) is 22.3. The van der Waals surface area contributed by atoms with Crippen LogP contribution in [-0.4, -0.2) is 32.6 Å². The second-order valence-corrected chi connectivity index (χ2v) is 10.0. The van der Waals surface area contributed by atoms with Gasteiger partial charge in [-0.15, -0.1) is 10.2 Å². The van der Waals surface area contributed by atoms with E-state index in [1.807, 2.05) is 71.3 Å². The molecule has 0 aliphatic carbocycles. The average Bonchev–Trinajstić information content (AvgIpc) is 3.37. The lowest BCUT2D eigenvalue weighted by Crippen LogP contribution is -2.20. The van der Waals surface area contributed by atoms with Crippen molar-refractivity contribution in [2.24, 2.45) is 5.10 Å². The Labute approximate surface area is 234 Å². The van der Waals surface area contributed by atoms with E-state index >= 15 is 0 Å². The molecule has 188 valence electrons. The van der Waals surface area contributed by atoms with E-state index in [-0.39, 0.29) is 11.7 Å². The van der Waals surface area contributed by atoms with Crippen molar-refractivity contribution in [3.8, 4) is 28.2 Å². The maximum absolute atomic E-state index is 12.5. The normalized spacial score (nSPS) is 11.1. The van der Waals surface area contributed by atoms with Gasteiger partial charge in [0.15, 0.2) is 11.0 Å². The molecule has 0 bridgehead atoms. The molecule has 1 aromatic heterocycles. The molecule has 38 heavy (non-hydrogen) atoms. The summed E-state index contributed by atoms with van der Waals surface area (Å²) in [5.74, 6) is 0.478. The first-order valence-corrected chi connectivity index (χ1v) is 13.4. The van der Waals surface area contributed by atoms with Gasteiger partial charge in [-0.2, -0.15) is 5.10 Å². The van der Waals surface area contributed by atoms with Gasteiger partial charge in [0, 0.05) is 21.3 Å². The number of nitrogens with one attached hydrogen (secondary N) is 1. The third kappa shape index (κ3) is 6.31. The first-order chi connectivity index (χ1) is 18.6. The van der Waals surface area contributed by atoms with E-state index in [1.54, 1.807) is 30.5 Å². The lowest BCUT2D eigenvalue weighted by molar-refractivity contribution is -0.118. The largest absolute Gasteiger partial charge is 0.272 e. The number of benzene rings is 4. The molecule has 0 unspecified atom stereocenters. The molecular formula is C29H21Cl2N5OS. The summed E-state index contributed by atoms with van der Waals surface area (Å²) in [7, 11) is 0. The van der Waals surface area contributed by atoms with E-state index < -0.39 is 0 Å². The van der Waals surface area contributed by atoms with Crippen LogP contribution in [0.4, 0.5) is 0 Å². The first kappa shape index (κ1) is 25.7. The number of halogens is 2. The van der Waals surface area contributed by atoms with E-state index in [1.165, 1.54) is 11.8 Å². The Balaban J connectivity index is 1.25. The predicted molar refractivity (Wildman–Crippen MR) is 155 cm³/mol. The fourth-order valence-corrected chi connectivity index (χ4v) is 4.70.